The lowest BCUT2D eigenvalue weighted by molar-refractivity contribution is 0.0922. The number of aromatic amines is 1. The number of anilines is 1. The minimum atomic E-state index is -0.180. The van der Waals surface area contributed by atoms with E-state index in [1.165, 1.54) is 0 Å². The average Bonchev–Trinajstić information content (AvgIpc) is 3.24. The van der Waals surface area contributed by atoms with Gasteiger partial charge in [-0.25, -0.2) is 9.97 Å². The standard InChI is InChI=1S/C16H18N6O2/c1-10-8-13(21-24-10)16(23)20-11-3-6-22(7-4-11)15-12-2-5-17-14(12)18-9-19-15/h2,5,8-9,11H,3-4,6-7H2,1H3,(H,20,23)(H,17,18,19). The van der Waals surface area contributed by atoms with Gasteiger partial charge in [0.1, 0.15) is 23.6 Å². The first-order valence-corrected chi connectivity index (χ1v) is 7.98. The third-order valence-corrected chi connectivity index (χ3v) is 4.32. The van der Waals surface area contributed by atoms with E-state index in [0.29, 0.717) is 11.5 Å². The minimum Gasteiger partial charge on any atom is -0.361 e. The van der Waals surface area contributed by atoms with Crippen molar-refractivity contribution in [2.75, 3.05) is 18.0 Å². The molecule has 1 aliphatic heterocycles. The van der Waals surface area contributed by atoms with Crippen LogP contribution in [0, 0.1) is 6.92 Å². The SMILES string of the molecule is Cc1cc(C(=O)NC2CCN(c3ncnc4[nH]ccc34)CC2)no1. The minimum absolute atomic E-state index is 0.134. The maximum atomic E-state index is 12.1. The van der Waals surface area contributed by atoms with Gasteiger partial charge in [-0.1, -0.05) is 5.16 Å². The molecule has 0 bridgehead atoms. The number of carbonyl (C=O) groups excluding carboxylic acids is 1. The molecule has 0 unspecified atom stereocenters. The molecule has 8 heteroatoms. The highest BCUT2D eigenvalue weighted by molar-refractivity contribution is 5.92. The van der Waals surface area contributed by atoms with Gasteiger partial charge in [-0.05, 0) is 25.8 Å². The Bertz CT molecular complexity index is 862. The normalized spacial score (nSPS) is 15.8. The molecular weight excluding hydrogens is 308 g/mol. The molecule has 2 N–H and O–H groups in total. The fourth-order valence-electron chi connectivity index (χ4n) is 3.08. The van der Waals surface area contributed by atoms with E-state index < -0.39 is 0 Å². The Morgan fingerprint density at radius 2 is 2.21 bits per heavy atom. The molecule has 1 fully saturated rings. The molecular formula is C16H18N6O2. The number of carbonyl (C=O) groups is 1. The molecule has 0 radical (unpaired) electrons. The maximum Gasteiger partial charge on any atom is 0.273 e. The number of rotatable bonds is 3. The van der Waals surface area contributed by atoms with Crippen molar-refractivity contribution in [3.8, 4) is 0 Å². The number of hydrogen-bond donors (Lipinski definition) is 2. The number of aryl methyl sites for hydroxylation is 1. The van der Waals surface area contributed by atoms with Crippen molar-refractivity contribution in [3.63, 3.8) is 0 Å². The number of aromatic nitrogens is 4. The van der Waals surface area contributed by atoms with Crippen molar-refractivity contribution in [2.24, 2.45) is 0 Å². The highest BCUT2D eigenvalue weighted by Crippen LogP contribution is 2.25. The van der Waals surface area contributed by atoms with Crippen molar-refractivity contribution < 1.29 is 9.32 Å². The van der Waals surface area contributed by atoms with E-state index in [2.05, 4.69) is 30.3 Å². The third-order valence-electron chi connectivity index (χ3n) is 4.32. The average molecular weight is 326 g/mol. The molecule has 4 rings (SSSR count). The van der Waals surface area contributed by atoms with E-state index in [1.807, 2.05) is 12.3 Å². The van der Waals surface area contributed by atoms with Gasteiger partial charge in [0.2, 0.25) is 0 Å². The number of fused-ring (bicyclic) bond motifs is 1. The summed E-state index contributed by atoms with van der Waals surface area (Å²) in [5, 5.41) is 7.81. The van der Waals surface area contributed by atoms with Gasteiger partial charge in [0.25, 0.3) is 5.91 Å². The number of amides is 1. The van der Waals surface area contributed by atoms with Crippen LogP contribution in [0.4, 0.5) is 5.82 Å². The Labute approximate surface area is 138 Å². The second-order valence-electron chi connectivity index (χ2n) is 5.99. The van der Waals surface area contributed by atoms with Crippen LogP contribution >= 0.6 is 0 Å². The van der Waals surface area contributed by atoms with Crippen molar-refractivity contribution >= 4 is 22.8 Å². The van der Waals surface area contributed by atoms with Crippen molar-refractivity contribution in [3.05, 3.63) is 36.1 Å². The van der Waals surface area contributed by atoms with Crippen LogP contribution in [0.15, 0.2) is 29.2 Å². The topological polar surface area (TPSA) is 99.9 Å². The summed E-state index contributed by atoms with van der Waals surface area (Å²) < 4.78 is 4.95. The van der Waals surface area contributed by atoms with Crippen LogP contribution in [-0.2, 0) is 0 Å². The zero-order valence-corrected chi connectivity index (χ0v) is 13.3. The van der Waals surface area contributed by atoms with E-state index in [9.17, 15) is 4.79 Å². The summed E-state index contributed by atoms with van der Waals surface area (Å²) in [5.41, 5.74) is 1.18. The van der Waals surface area contributed by atoms with Gasteiger partial charge in [0.05, 0.1) is 5.39 Å². The number of nitrogens with zero attached hydrogens (tertiary/aromatic N) is 4. The van der Waals surface area contributed by atoms with Gasteiger partial charge in [0.15, 0.2) is 5.69 Å². The van der Waals surface area contributed by atoms with Crippen LogP contribution in [0.3, 0.4) is 0 Å². The molecule has 1 aliphatic rings. The second kappa shape index (κ2) is 5.95. The van der Waals surface area contributed by atoms with E-state index in [4.69, 9.17) is 4.52 Å². The highest BCUT2D eigenvalue weighted by atomic mass is 16.5. The number of piperidine rings is 1. The molecule has 4 heterocycles. The van der Waals surface area contributed by atoms with Crippen LogP contribution < -0.4 is 10.2 Å². The molecule has 0 spiro atoms. The Kier molecular flexibility index (Phi) is 3.64. The summed E-state index contributed by atoms with van der Waals surface area (Å²) in [5.74, 6) is 1.40. The van der Waals surface area contributed by atoms with Crippen molar-refractivity contribution in [1.82, 2.24) is 25.4 Å². The summed E-state index contributed by atoms with van der Waals surface area (Å²) in [6.45, 7) is 3.44. The molecule has 124 valence electrons. The fraction of sp³-hybridized carbons (Fsp3) is 0.375. The molecule has 0 saturated carbocycles. The van der Waals surface area contributed by atoms with E-state index in [0.717, 1.165) is 42.8 Å². The van der Waals surface area contributed by atoms with Gasteiger partial charge in [-0.3, -0.25) is 4.79 Å². The monoisotopic (exact) mass is 326 g/mol. The molecule has 3 aromatic rings. The van der Waals surface area contributed by atoms with Gasteiger partial charge >= 0.3 is 0 Å². The predicted molar refractivity (Wildman–Crippen MR) is 87.8 cm³/mol. The molecule has 8 nitrogen and oxygen atoms in total. The summed E-state index contributed by atoms with van der Waals surface area (Å²) in [4.78, 5) is 26.1. The van der Waals surface area contributed by atoms with E-state index in [1.54, 1.807) is 19.3 Å². The van der Waals surface area contributed by atoms with Crippen molar-refractivity contribution in [1.29, 1.82) is 0 Å². The molecule has 0 aromatic carbocycles. The fourth-order valence-corrected chi connectivity index (χ4v) is 3.08. The first kappa shape index (κ1) is 14.7. The quantitative estimate of drug-likeness (QED) is 0.759. The summed E-state index contributed by atoms with van der Waals surface area (Å²) in [7, 11) is 0. The molecule has 0 aliphatic carbocycles. The zero-order chi connectivity index (χ0) is 16.5. The van der Waals surface area contributed by atoms with Crippen LogP contribution in [0.1, 0.15) is 29.1 Å². The van der Waals surface area contributed by atoms with Crippen LogP contribution in [0.2, 0.25) is 0 Å². The lowest BCUT2D eigenvalue weighted by atomic mass is 10.0. The highest BCUT2D eigenvalue weighted by Gasteiger charge is 2.24. The van der Waals surface area contributed by atoms with Crippen LogP contribution in [0.5, 0.6) is 0 Å². The van der Waals surface area contributed by atoms with E-state index >= 15 is 0 Å². The zero-order valence-electron chi connectivity index (χ0n) is 13.3. The number of hydrogen-bond acceptors (Lipinski definition) is 6. The lowest BCUT2D eigenvalue weighted by Crippen LogP contribution is -2.45. The second-order valence-corrected chi connectivity index (χ2v) is 5.99. The summed E-state index contributed by atoms with van der Waals surface area (Å²) >= 11 is 0. The van der Waals surface area contributed by atoms with Crippen LogP contribution in [-0.4, -0.2) is 45.1 Å². The molecule has 0 atom stereocenters. The lowest BCUT2D eigenvalue weighted by Gasteiger charge is -2.33. The Morgan fingerprint density at radius 1 is 1.38 bits per heavy atom. The van der Waals surface area contributed by atoms with Gasteiger partial charge in [-0.2, -0.15) is 0 Å². The first-order valence-electron chi connectivity index (χ1n) is 7.98. The van der Waals surface area contributed by atoms with Crippen molar-refractivity contribution in [2.45, 2.75) is 25.8 Å². The van der Waals surface area contributed by atoms with Crippen LogP contribution in [0.25, 0.3) is 11.0 Å². The van der Waals surface area contributed by atoms with Gasteiger partial charge < -0.3 is 19.7 Å². The Hall–Kier alpha value is -2.90. The van der Waals surface area contributed by atoms with Gasteiger partial charge in [0, 0.05) is 31.4 Å². The number of nitrogens with one attached hydrogen (secondary N) is 2. The molecule has 1 amide bonds. The Morgan fingerprint density at radius 3 is 2.96 bits per heavy atom. The Balaban J connectivity index is 1.40. The van der Waals surface area contributed by atoms with Gasteiger partial charge in [-0.15, -0.1) is 0 Å². The summed E-state index contributed by atoms with van der Waals surface area (Å²) in [6.07, 6.45) is 5.17. The van der Waals surface area contributed by atoms with E-state index in [-0.39, 0.29) is 11.9 Å². The first-order chi connectivity index (χ1) is 11.7. The summed E-state index contributed by atoms with van der Waals surface area (Å²) in [6, 6.07) is 3.77. The molecule has 24 heavy (non-hydrogen) atoms. The smallest absolute Gasteiger partial charge is 0.273 e. The maximum absolute atomic E-state index is 12.1. The number of H-pyrrole nitrogens is 1. The largest absolute Gasteiger partial charge is 0.361 e. The predicted octanol–water partition coefficient (Wildman–Crippen LogP) is 1.65. The molecule has 3 aromatic heterocycles. The third kappa shape index (κ3) is 2.70. The molecule has 1 saturated heterocycles.